The maximum Gasteiger partial charge on any atom is 0.343 e. The molecule has 7 heteroatoms. The molecule has 3 rings (SSSR count). The van der Waals surface area contributed by atoms with Crippen molar-refractivity contribution in [1.29, 1.82) is 0 Å². The lowest BCUT2D eigenvalue weighted by atomic mass is 10.2. The quantitative estimate of drug-likeness (QED) is 0.389. The Morgan fingerprint density at radius 3 is 2.11 bits per heavy atom. The van der Waals surface area contributed by atoms with E-state index in [1.54, 1.807) is 55.5 Å². The van der Waals surface area contributed by atoms with Gasteiger partial charge in [0.25, 0.3) is 10.0 Å². The Kier molecular flexibility index (Phi) is 6.16. The molecule has 3 aromatic rings. The molecule has 0 amide bonds. The highest BCUT2D eigenvalue weighted by Gasteiger charge is 2.23. The predicted octanol–water partition coefficient (Wildman–Crippen LogP) is 4.88. The SMILES string of the molecule is CCN(c1ccccc1)S(=O)(=O)c1ccc(C(=O)Oc2ccc(Br)cc2)cc1. The van der Waals surface area contributed by atoms with Crippen molar-refractivity contribution < 1.29 is 17.9 Å². The number of nitrogens with zero attached hydrogens (tertiary/aromatic N) is 1. The fourth-order valence-corrected chi connectivity index (χ4v) is 4.38. The molecule has 5 nitrogen and oxygen atoms in total. The summed E-state index contributed by atoms with van der Waals surface area (Å²) < 4.78 is 33.4. The standard InChI is InChI=1S/C21H18BrNO4S/c1-2-23(18-6-4-3-5-7-18)28(25,26)20-14-8-16(9-15-20)21(24)27-19-12-10-17(22)11-13-19/h3-15H,2H2,1H3. The summed E-state index contributed by atoms with van der Waals surface area (Å²) in [6.07, 6.45) is 0. The van der Waals surface area contributed by atoms with Gasteiger partial charge in [0.05, 0.1) is 16.1 Å². The van der Waals surface area contributed by atoms with Gasteiger partial charge in [-0.25, -0.2) is 13.2 Å². The van der Waals surface area contributed by atoms with Gasteiger partial charge in [-0.2, -0.15) is 0 Å². The van der Waals surface area contributed by atoms with E-state index in [2.05, 4.69) is 15.9 Å². The Bertz CT molecular complexity index is 1050. The minimum Gasteiger partial charge on any atom is -0.423 e. The van der Waals surface area contributed by atoms with Crippen molar-refractivity contribution in [3.8, 4) is 5.75 Å². The summed E-state index contributed by atoms with van der Waals surface area (Å²) in [5, 5.41) is 0. The van der Waals surface area contributed by atoms with Crippen LogP contribution in [0.3, 0.4) is 0 Å². The molecular weight excluding hydrogens is 442 g/mol. The molecule has 0 unspecified atom stereocenters. The van der Waals surface area contributed by atoms with Gasteiger partial charge in [-0.15, -0.1) is 0 Å². The Hall–Kier alpha value is -2.64. The van der Waals surface area contributed by atoms with Gasteiger partial charge in [0.15, 0.2) is 0 Å². The summed E-state index contributed by atoms with van der Waals surface area (Å²) in [7, 11) is -3.73. The lowest BCUT2D eigenvalue weighted by Gasteiger charge is -2.22. The molecule has 0 bridgehead atoms. The smallest absolute Gasteiger partial charge is 0.343 e. The lowest BCUT2D eigenvalue weighted by molar-refractivity contribution is 0.0734. The number of anilines is 1. The third-order valence-electron chi connectivity index (χ3n) is 4.03. The number of esters is 1. The molecule has 144 valence electrons. The number of hydrogen-bond acceptors (Lipinski definition) is 4. The molecule has 0 saturated heterocycles. The predicted molar refractivity (Wildman–Crippen MR) is 112 cm³/mol. The topological polar surface area (TPSA) is 63.7 Å². The van der Waals surface area contributed by atoms with Crippen LogP contribution in [0.25, 0.3) is 0 Å². The Morgan fingerprint density at radius 1 is 0.929 bits per heavy atom. The highest BCUT2D eigenvalue weighted by molar-refractivity contribution is 9.10. The molecule has 0 aliphatic rings. The van der Waals surface area contributed by atoms with Crippen molar-refractivity contribution in [2.75, 3.05) is 10.8 Å². The Morgan fingerprint density at radius 2 is 1.54 bits per heavy atom. The molecular formula is C21H18BrNO4S. The zero-order valence-corrected chi connectivity index (χ0v) is 17.5. The highest BCUT2D eigenvalue weighted by atomic mass is 79.9. The van der Waals surface area contributed by atoms with Gasteiger partial charge in [-0.1, -0.05) is 34.1 Å². The van der Waals surface area contributed by atoms with E-state index in [9.17, 15) is 13.2 Å². The monoisotopic (exact) mass is 459 g/mol. The number of halogens is 1. The molecule has 0 saturated carbocycles. The van der Waals surface area contributed by atoms with E-state index in [0.717, 1.165) is 4.47 Å². The summed E-state index contributed by atoms with van der Waals surface area (Å²) in [5.41, 5.74) is 0.855. The van der Waals surface area contributed by atoms with E-state index in [4.69, 9.17) is 4.74 Å². The minimum atomic E-state index is -3.73. The summed E-state index contributed by atoms with van der Waals surface area (Å²) in [6.45, 7) is 2.06. The van der Waals surface area contributed by atoms with Crippen molar-refractivity contribution in [2.45, 2.75) is 11.8 Å². The second kappa shape index (κ2) is 8.58. The number of rotatable bonds is 6. The number of carbonyl (C=O) groups excluding carboxylic acids is 1. The zero-order valence-electron chi connectivity index (χ0n) is 15.1. The van der Waals surface area contributed by atoms with Crippen LogP contribution < -0.4 is 9.04 Å². The fourth-order valence-electron chi connectivity index (χ4n) is 2.64. The molecule has 0 radical (unpaired) electrons. The first-order valence-corrected chi connectivity index (χ1v) is 10.8. The van der Waals surface area contributed by atoms with E-state index in [1.807, 2.05) is 6.07 Å². The molecule has 0 fully saturated rings. The zero-order chi connectivity index (χ0) is 20.1. The summed E-state index contributed by atoms with van der Waals surface area (Å²) in [6, 6.07) is 21.5. The van der Waals surface area contributed by atoms with Crippen LogP contribution in [-0.4, -0.2) is 20.9 Å². The summed E-state index contributed by atoms with van der Waals surface area (Å²) >= 11 is 3.32. The van der Waals surface area contributed by atoms with E-state index < -0.39 is 16.0 Å². The first-order valence-electron chi connectivity index (χ1n) is 8.57. The van der Waals surface area contributed by atoms with Crippen LogP contribution in [0, 0.1) is 0 Å². The summed E-state index contributed by atoms with van der Waals surface area (Å²) in [4.78, 5) is 12.4. The third kappa shape index (κ3) is 4.43. The number of para-hydroxylation sites is 1. The Balaban J connectivity index is 1.81. The van der Waals surface area contributed by atoms with Gasteiger partial charge in [-0.05, 0) is 67.6 Å². The average Bonchev–Trinajstić information content (AvgIpc) is 2.71. The second-order valence-electron chi connectivity index (χ2n) is 5.87. The molecule has 0 N–H and O–H groups in total. The van der Waals surface area contributed by atoms with Gasteiger partial charge < -0.3 is 4.74 Å². The van der Waals surface area contributed by atoms with Gasteiger partial charge in [0.2, 0.25) is 0 Å². The summed E-state index contributed by atoms with van der Waals surface area (Å²) in [5.74, 6) is -0.146. The van der Waals surface area contributed by atoms with Crippen LogP contribution in [0.2, 0.25) is 0 Å². The van der Waals surface area contributed by atoms with Crippen LogP contribution in [0.4, 0.5) is 5.69 Å². The van der Waals surface area contributed by atoms with Crippen molar-refractivity contribution in [3.05, 3.63) is 88.9 Å². The van der Waals surface area contributed by atoms with Gasteiger partial charge >= 0.3 is 5.97 Å². The first kappa shape index (κ1) is 20.1. The van der Waals surface area contributed by atoms with E-state index in [1.165, 1.54) is 28.6 Å². The van der Waals surface area contributed by atoms with Crippen molar-refractivity contribution in [2.24, 2.45) is 0 Å². The van der Waals surface area contributed by atoms with E-state index >= 15 is 0 Å². The molecule has 0 heterocycles. The molecule has 0 aliphatic carbocycles. The lowest BCUT2D eigenvalue weighted by Crippen LogP contribution is -2.30. The van der Waals surface area contributed by atoms with Crippen LogP contribution in [0.5, 0.6) is 5.75 Å². The molecule has 0 atom stereocenters. The van der Waals surface area contributed by atoms with E-state index in [-0.39, 0.29) is 10.5 Å². The fraction of sp³-hybridized carbons (Fsp3) is 0.0952. The first-order chi connectivity index (χ1) is 13.4. The number of carbonyl (C=O) groups is 1. The van der Waals surface area contributed by atoms with Crippen LogP contribution in [-0.2, 0) is 10.0 Å². The molecule has 0 aromatic heterocycles. The molecule has 3 aromatic carbocycles. The van der Waals surface area contributed by atoms with Crippen LogP contribution >= 0.6 is 15.9 Å². The van der Waals surface area contributed by atoms with Crippen LogP contribution in [0.1, 0.15) is 17.3 Å². The number of hydrogen-bond donors (Lipinski definition) is 0. The largest absolute Gasteiger partial charge is 0.423 e. The maximum atomic E-state index is 13.0. The van der Waals surface area contributed by atoms with Crippen molar-refractivity contribution in [1.82, 2.24) is 0 Å². The van der Waals surface area contributed by atoms with Gasteiger partial charge in [0.1, 0.15) is 5.75 Å². The normalized spacial score (nSPS) is 11.1. The Labute approximate surface area is 172 Å². The van der Waals surface area contributed by atoms with Crippen molar-refractivity contribution in [3.63, 3.8) is 0 Å². The second-order valence-corrected chi connectivity index (χ2v) is 8.65. The maximum absolute atomic E-state index is 13.0. The molecule has 0 spiro atoms. The van der Waals surface area contributed by atoms with Gasteiger partial charge in [0, 0.05) is 11.0 Å². The minimum absolute atomic E-state index is 0.110. The molecule has 28 heavy (non-hydrogen) atoms. The van der Waals surface area contributed by atoms with Gasteiger partial charge in [-0.3, -0.25) is 4.31 Å². The molecule has 0 aliphatic heterocycles. The highest BCUT2D eigenvalue weighted by Crippen LogP contribution is 2.24. The number of ether oxygens (including phenoxy) is 1. The number of sulfonamides is 1. The average molecular weight is 460 g/mol. The van der Waals surface area contributed by atoms with Crippen molar-refractivity contribution >= 4 is 37.6 Å². The number of benzene rings is 3. The van der Waals surface area contributed by atoms with E-state index in [0.29, 0.717) is 18.0 Å². The van der Waals surface area contributed by atoms with Crippen LogP contribution in [0.15, 0.2) is 88.2 Å². The third-order valence-corrected chi connectivity index (χ3v) is 6.48.